The van der Waals surface area contributed by atoms with Gasteiger partial charge in [-0.2, -0.15) is 0 Å². The molecular weight excluding hydrogens is 294 g/mol. The van der Waals surface area contributed by atoms with Crippen molar-refractivity contribution in [1.29, 1.82) is 0 Å². The maximum absolute atomic E-state index is 12.1. The Balaban J connectivity index is 1.84. The predicted octanol–water partition coefficient (Wildman–Crippen LogP) is 2.94. The first kappa shape index (κ1) is 17.3. The molecular formula is C18H25NO4. The van der Waals surface area contributed by atoms with E-state index in [1.807, 2.05) is 6.92 Å². The number of ether oxygens (including phenoxy) is 1. The molecule has 0 spiro atoms. The Morgan fingerprint density at radius 3 is 2.70 bits per heavy atom. The molecule has 5 nitrogen and oxygen atoms in total. The summed E-state index contributed by atoms with van der Waals surface area (Å²) in [4.78, 5) is 24.1. The molecule has 2 N–H and O–H groups in total. The average molecular weight is 319 g/mol. The zero-order valence-corrected chi connectivity index (χ0v) is 13.8. The van der Waals surface area contributed by atoms with Crippen LogP contribution in [0.25, 0.3) is 0 Å². The maximum Gasteiger partial charge on any atom is 0.342 e. The van der Waals surface area contributed by atoms with Gasteiger partial charge in [0.15, 0.2) is 6.10 Å². The quantitative estimate of drug-likeness (QED) is 0.818. The number of carbonyl (C=O) groups excluding carboxylic acids is 2. The number of hydrogen-bond donors (Lipinski definition) is 2. The third kappa shape index (κ3) is 4.98. The summed E-state index contributed by atoms with van der Waals surface area (Å²) < 4.78 is 5.16. The van der Waals surface area contributed by atoms with Crippen molar-refractivity contribution >= 4 is 11.9 Å². The second-order valence-corrected chi connectivity index (χ2v) is 6.32. The van der Waals surface area contributed by atoms with E-state index in [1.165, 1.54) is 25.3 Å². The molecule has 1 amide bonds. The van der Waals surface area contributed by atoms with Crippen LogP contribution in [0.5, 0.6) is 5.75 Å². The normalized spacial score (nSPS) is 16.6. The molecule has 1 unspecified atom stereocenters. The fourth-order valence-corrected chi connectivity index (χ4v) is 2.87. The van der Waals surface area contributed by atoms with E-state index in [9.17, 15) is 14.7 Å². The Labute approximate surface area is 137 Å². The third-order valence-corrected chi connectivity index (χ3v) is 4.31. The van der Waals surface area contributed by atoms with Gasteiger partial charge < -0.3 is 15.2 Å². The zero-order chi connectivity index (χ0) is 16.8. The largest absolute Gasteiger partial charge is 0.507 e. The molecule has 2 rings (SSSR count). The minimum Gasteiger partial charge on any atom is -0.507 e. The number of esters is 1. The van der Waals surface area contributed by atoms with Crippen LogP contribution in [0.1, 0.15) is 54.9 Å². The van der Waals surface area contributed by atoms with E-state index in [2.05, 4.69) is 5.32 Å². The summed E-state index contributed by atoms with van der Waals surface area (Å²) in [5, 5.41) is 12.6. The molecule has 1 aromatic carbocycles. The Kier molecular flexibility index (Phi) is 6.02. The van der Waals surface area contributed by atoms with E-state index in [4.69, 9.17) is 4.74 Å². The lowest BCUT2D eigenvalue weighted by atomic mass is 9.89. The molecule has 23 heavy (non-hydrogen) atoms. The highest BCUT2D eigenvalue weighted by Gasteiger charge is 2.22. The van der Waals surface area contributed by atoms with Crippen LogP contribution in [0.2, 0.25) is 0 Å². The molecule has 1 aliphatic carbocycles. The van der Waals surface area contributed by atoms with E-state index in [1.54, 1.807) is 19.1 Å². The van der Waals surface area contributed by atoms with Crippen LogP contribution in [0.3, 0.4) is 0 Å². The van der Waals surface area contributed by atoms with Gasteiger partial charge in [0.25, 0.3) is 5.91 Å². The van der Waals surface area contributed by atoms with Crippen LogP contribution in [0, 0.1) is 12.8 Å². The van der Waals surface area contributed by atoms with E-state index >= 15 is 0 Å². The minimum absolute atomic E-state index is 0.0805. The molecule has 1 aliphatic rings. The van der Waals surface area contributed by atoms with Gasteiger partial charge in [0.2, 0.25) is 0 Å². The fraction of sp³-hybridized carbons (Fsp3) is 0.556. The Hall–Kier alpha value is -2.04. The highest BCUT2D eigenvalue weighted by atomic mass is 16.5. The number of nitrogens with one attached hydrogen (secondary N) is 1. The monoisotopic (exact) mass is 319 g/mol. The van der Waals surface area contributed by atoms with Gasteiger partial charge >= 0.3 is 5.97 Å². The first-order valence-corrected chi connectivity index (χ1v) is 8.25. The second kappa shape index (κ2) is 7.99. The van der Waals surface area contributed by atoms with Crippen molar-refractivity contribution in [3.63, 3.8) is 0 Å². The van der Waals surface area contributed by atoms with E-state index in [0.717, 1.165) is 18.4 Å². The average Bonchev–Trinajstić information content (AvgIpc) is 2.55. The van der Waals surface area contributed by atoms with Crippen molar-refractivity contribution in [2.45, 2.75) is 52.1 Å². The summed E-state index contributed by atoms with van der Waals surface area (Å²) in [6, 6.07) is 4.69. The van der Waals surface area contributed by atoms with Gasteiger partial charge in [-0.1, -0.05) is 30.9 Å². The number of aryl methyl sites for hydroxylation is 1. The van der Waals surface area contributed by atoms with Crippen LogP contribution < -0.4 is 5.32 Å². The fourth-order valence-electron chi connectivity index (χ4n) is 2.87. The summed E-state index contributed by atoms with van der Waals surface area (Å²) in [5.74, 6) is -0.602. The lowest BCUT2D eigenvalue weighted by molar-refractivity contribution is -0.129. The topological polar surface area (TPSA) is 75.6 Å². The van der Waals surface area contributed by atoms with Gasteiger partial charge in [0, 0.05) is 6.54 Å². The van der Waals surface area contributed by atoms with Gasteiger partial charge in [-0.05, 0) is 44.7 Å². The minimum atomic E-state index is -0.883. The number of phenolic OH excluding ortho intramolecular Hbond substituents is 1. The molecule has 1 saturated carbocycles. The van der Waals surface area contributed by atoms with Crippen LogP contribution in [-0.4, -0.2) is 29.6 Å². The van der Waals surface area contributed by atoms with Crippen molar-refractivity contribution in [2.75, 3.05) is 6.54 Å². The van der Waals surface area contributed by atoms with Crippen LogP contribution >= 0.6 is 0 Å². The highest BCUT2D eigenvalue weighted by Crippen LogP contribution is 2.23. The molecule has 126 valence electrons. The van der Waals surface area contributed by atoms with Gasteiger partial charge in [-0.15, -0.1) is 0 Å². The van der Waals surface area contributed by atoms with Gasteiger partial charge in [0.1, 0.15) is 11.3 Å². The first-order chi connectivity index (χ1) is 11.0. The Morgan fingerprint density at radius 2 is 2.00 bits per heavy atom. The Bertz CT molecular complexity index is 564. The van der Waals surface area contributed by atoms with Crippen molar-refractivity contribution in [2.24, 2.45) is 5.92 Å². The van der Waals surface area contributed by atoms with Gasteiger partial charge in [0.05, 0.1) is 0 Å². The smallest absolute Gasteiger partial charge is 0.342 e. The predicted molar refractivity (Wildman–Crippen MR) is 87.3 cm³/mol. The number of phenols is 1. The standard InChI is InChI=1S/C18H25NO4/c1-12-8-9-16(20)15(10-12)18(22)23-13(2)17(21)19-11-14-6-4-3-5-7-14/h8-10,13-14,20H,3-7,11H2,1-2H3,(H,19,21). The summed E-state index contributed by atoms with van der Waals surface area (Å²) in [5.41, 5.74) is 0.918. The number of carbonyl (C=O) groups is 2. The van der Waals surface area contributed by atoms with E-state index in [-0.39, 0.29) is 17.2 Å². The number of amides is 1. The van der Waals surface area contributed by atoms with Crippen LogP contribution in [0.4, 0.5) is 0 Å². The van der Waals surface area contributed by atoms with Crippen LogP contribution in [-0.2, 0) is 9.53 Å². The van der Waals surface area contributed by atoms with Gasteiger partial charge in [-0.25, -0.2) is 4.79 Å². The second-order valence-electron chi connectivity index (χ2n) is 6.32. The summed E-state index contributed by atoms with van der Waals surface area (Å²) in [6.45, 7) is 3.99. The first-order valence-electron chi connectivity index (χ1n) is 8.25. The molecule has 0 radical (unpaired) electrons. The maximum atomic E-state index is 12.1. The molecule has 0 saturated heterocycles. The third-order valence-electron chi connectivity index (χ3n) is 4.31. The van der Waals surface area contributed by atoms with E-state index in [0.29, 0.717) is 12.5 Å². The summed E-state index contributed by atoms with van der Waals surface area (Å²) >= 11 is 0. The number of rotatable bonds is 5. The number of benzene rings is 1. The summed E-state index contributed by atoms with van der Waals surface area (Å²) in [6.07, 6.45) is 5.12. The van der Waals surface area contributed by atoms with Gasteiger partial charge in [-0.3, -0.25) is 4.79 Å². The number of aromatic hydroxyl groups is 1. The SMILES string of the molecule is Cc1ccc(O)c(C(=O)OC(C)C(=O)NCC2CCCCC2)c1. The molecule has 0 bridgehead atoms. The van der Waals surface area contributed by atoms with Crippen LogP contribution in [0.15, 0.2) is 18.2 Å². The lowest BCUT2D eigenvalue weighted by Gasteiger charge is -2.22. The van der Waals surface area contributed by atoms with Crippen molar-refractivity contribution in [3.05, 3.63) is 29.3 Å². The molecule has 1 atom stereocenters. The molecule has 0 heterocycles. The van der Waals surface area contributed by atoms with Crippen molar-refractivity contribution in [1.82, 2.24) is 5.32 Å². The molecule has 5 heteroatoms. The summed E-state index contributed by atoms with van der Waals surface area (Å²) in [7, 11) is 0. The van der Waals surface area contributed by atoms with E-state index < -0.39 is 12.1 Å². The lowest BCUT2D eigenvalue weighted by Crippen LogP contribution is -2.38. The molecule has 0 aliphatic heterocycles. The molecule has 1 aromatic rings. The molecule has 0 aromatic heterocycles. The Morgan fingerprint density at radius 1 is 1.30 bits per heavy atom. The zero-order valence-electron chi connectivity index (χ0n) is 13.8. The molecule has 1 fully saturated rings. The van der Waals surface area contributed by atoms with Crippen molar-refractivity contribution < 1.29 is 19.4 Å². The van der Waals surface area contributed by atoms with Crippen molar-refractivity contribution in [3.8, 4) is 5.75 Å². The highest BCUT2D eigenvalue weighted by molar-refractivity contribution is 5.94. The number of hydrogen-bond acceptors (Lipinski definition) is 4.